The molecule has 1 unspecified atom stereocenters. The van der Waals surface area contributed by atoms with Gasteiger partial charge in [-0.25, -0.2) is 4.98 Å². The highest BCUT2D eigenvalue weighted by atomic mass is 35.5. The Morgan fingerprint density at radius 3 is 2.79 bits per heavy atom. The fraction of sp³-hybridized carbons (Fsp3) is 0.667. The van der Waals surface area contributed by atoms with Crippen LogP contribution in [0.25, 0.3) is 0 Å². The van der Waals surface area contributed by atoms with E-state index in [4.69, 9.17) is 16.6 Å². The molecule has 0 amide bonds. The van der Waals surface area contributed by atoms with E-state index in [1.165, 1.54) is 24.0 Å². The lowest BCUT2D eigenvalue weighted by molar-refractivity contribution is 0.257. The molecule has 0 N–H and O–H groups in total. The van der Waals surface area contributed by atoms with E-state index in [-0.39, 0.29) is 0 Å². The van der Waals surface area contributed by atoms with Crippen LogP contribution in [0.15, 0.2) is 6.07 Å². The van der Waals surface area contributed by atoms with Crippen LogP contribution < -0.4 is 4.90 Å². The van der Waals surface area contributed by atoms with Crippen molar-refractivity contribution in [3.63, 3.8) is 0 Å². The summed E-state index contributed by atoms with van der Waals surface area (Å²) >= 11 is 6.13. The van der Waals surface area contributed by atoms with E-state index in [0.29, 0.717) is 11.9 Å². The Labute approximate surface area is 121 Å². The van der Waals surface area contributed by atoms with E-state index in [1.807, 2.05) is 0 Å². The second-order valence-corrected chi connectivity index (χ2v) is 5.99. The molecule has 1 aromatic rings. The van der Waals surface area contributed by atoms with Gasteiger partial charge in [-0.2, -0.15) is 0 Å². The Kier molecular flexibility index (Phi) is 4.69. The van der Waals surface area contributed by atoms with Crippen LogP contribution in [-0.2, 0) is 5.88 Å². The van der Waals surface area contributed by atoms with Gasteiger partial charge in [-0.3, -0.25) is 0 Å². The molecule has 2 heterocycles. The maximum Gasteiger partial charge on any atom is 0.133 e. The average molecular weight is 282 g/mol. The van der Waals surface area contributed by atoms with Gasteiger partial charge in [0.1, 0.15) is 5.82 Å². The number of hydrogen-bond acceptors (Lipinski definition) is 3. The molecule has 0 bridgehead atoms. The highest BCUT2D eigenvalue weighted by Gasteiger charge is 2.24. The second-order valence-electron chi connectivity index (χ2n) is 5.72. The number of halogens is 1. The Morgan fingerprint density at radius 2 is 2.16 bits per heavy atom. The van der Waals surface area contributed by atoms with E-state index in [2.05, 4.69) is 43.8 Å². The molecular weight excluding hydrogens is 258 g/mol. The number of alkyl halides is 1. The standard InChI is InChI=1S/C15H24ClN3/c1-11-8-12(2)17-15(14(11)9-16)19-7-5-6-13(10-19)18(3)4/h8,13H,5-7,9-10H2,1-4H3. The Bertz CT molecular complexity index is 445. The SMILES string of the molecule is Cc1cc(C)c(CCl)c(N2CCCC(N(C)C)C2)n1. The van der Waals surface area contributed by atoms with Crippen molar-refractivity contribution in [2.24, 2.45) is 0 Å². The van der Waals surface area contributed by atoms with Crippen LogP contribution >= 0.6 is 11.6 Å². The molecule has 0 aromatic carbocycles. The number of aryl methyl sites for hydroxylation is 2. The normalized spacial score (nSPS) is 20.1. The Morgan fingerprint density at radius 1 is 1.42 bits per heavy atom. The smallest absolute Gasteiger partial charge is 0.133 e. The van der Waals surface area contributed by atoms with Gasteiger partial charge in [-0.1, -0.05) is 0 Å². The first-order valence-electron chi connectivity index (χ1n) is 6.97. The molecule has 1 saturated heterocycles. The number of rotatable bonds is 3. The Hall–Kier alpha value is -0.800. The molecular formula is C15H24ClN3. The third-order valence-electron chi connectivity index (χ3n) is 4.01. The number of likely N-dealkylation sites (N-methyl/N-ethyl adjacent to an activating group) is 1. The number of nitrogens with zero attached hydrogens (tertiary/aromatic N) is 3. The van der Waals surface area contributed by atoms with Crippen LogP contribution in [-0.4, -0.2) is 43.1 Å². The van der Waals surface area contributed by atoms with E-state index >= 15 is 0 Å². The fourth-order valence-electron chi connectivity index (χ4n) is 2.84. The number of pyridine rings is 1. The summed E-state index contributed by atoms with van der Waals surface area (Å²) in [6, 6.07) is 2.73. The van der Waals surface area contributed by atoms with Gasteiger partial charge in [0.15, 0.2) is 0 Å². The molecule has 1 aliphatic rings. The lowest BCUT2D eigenvalue weighted by atomic mass is 10.0. The van der Waals surface area contributed by atoms with Gasteiger partial charge in [-0.15, -0.1) is 11.6 Å². The number of anilines is 1. The number of hydrogen-bond donors (Lipinski definition) is 0. The molecule has 0 spiro atoms. The zero-order valence-corrected chi connectivity index (χ0v) is 13.2. The maximum absolute atomic E-state index is 6.13. The van der Waals surface area contributed by atoms with E-state index in [9.17, 15) is 0 Å². The highest BCUT2D eigenvalue weighted by Crippen LogP contribution is 2.27. The minimum absolute atomic E-state index is 0.539. The zero-order chi connectivity index (χ0) is 14.0. The quantitative estimate of drug-likeness (QED) is 0.794. The molecule has 1 aliphatic heterocycles. The van der Waals surface area contributed by atoms with Gasteiger partial charge in [-0.05, 0) is 52.4 Å². The van der Waals surface area contributed by atoms with Crippen LogP contribution in [0.2, 0.25) is 0 Å². The van der Waals surface area contributed by atoms with E-state index < -0.39 is 0 Å². The van der Waals surface area contributed by atoms with Crippen LogP contribution in [0.1, 0.15) is 29.7 Å². The predicted octanol–water partition coefficient (Wildman–Crippen LogP) is 2.97. The molecule has 4 heteroatoms. The maximum atomic E-state index is 6.13. The summed E-state index contributed by atoms with van der Waals surface area (Å²) in [6.45, 7) is 6.32. The third-order valence-corrected chi connectivity index (χ3v) is 4.28. The summed E-state index contributed by atoms with van der Waals surface area (Å²) in [5.74, 6) is 1.64. The van der Waals surface area contributed by atoms with Crippen molar-refractivity contribution >= 4 is 17.4 Å². The molecule has 1 aromatic heterocycles. The van der Waals surface area contributed by atoms with Gasteiger partial charge in [0.05, 0.1) is 5.88 Å². The predicted molar refractivity (Wildman–Crippen MR) is 82.2 cm³/mol. The molecule has 3 nitrogen and oxygen atoms in total. The highest BCUT2D eigenvalue weighted by molar-refractivity contribution is 6.17. The van der Waals surface area contributed by atoms with Crippen LogP contribution in [0.5, 0.6) is 0 Å². The van der Waals surface area contributed by atoms with Crippen LogP contribution in [0.4, 0.5) is 5.82 Å². The first kappa shape index (κ1) is 14.6. The van der Waals surface area contributed by atoms with Crippen molar-refractivity contribution in [3.05, 3.63) is 22.9 Å². The molecule has 0 radical (unpaired) electrons. The second kappa shape index (κ2) is 6.10. The topological polar surface area (TPSA) is 19.4 Å². The van der Waals surface area contributed by atoms with Gasteiger partial charge in [0, 0.05) is 30.4 Å². The minimum atomic E-state index is 0.539. The monoisotopic (exact) mass is 281 g/mol. The lowest BCUT2D eigenvalue weighted by Crippen LogP contribution is -2.45. The summed E-state index contributed by atoms with van der Waals surface area (Å²) in [4.78, 5) is 9.47. The van der Waals surface area contributed by atoms with Crippen molar-refractivity contribution in [1.82, 2.24) is 9.88 Å². The van der Waals surface area contributed by atoms with Crippen molar-refractivity contribution in [3.8, 4) is 0 Å². The minimum Gasteiger partial charge on any atom is -0.355 e. The fourth-order valence-corrected chi connectivity index (χ4v) is 3.17. The molecule has 1 atom stereocenters. The van der Waals surface area contributed by atoms with Gasteiger partial charge < -0.3 is 9.80 Å². The summed E-state index contributed by atoms with van der Waals surface area (Å²) in [6.07, 6.45) is 2.49. The molecule has 1 fully saturated rings. The molecule has 2 rings (SSSR count). The molecule has 0 saturated carbocycles. The molecule has 0 aliphatic carbocycles. The van der Waals surface area contributed by atoms with Crippen molar-refractivity contribution < 1.29 is 0 Å². The lowest BCUT2D eigenvalue weighted by Gasteiger charge is -2.37. The van der Waals surface area contributed by atoms with Crippen molar-refractivity contribution in [2.45, 2.75) is 38.6 Å². The van der Waals surface area contributed by atoms with Gasteiger partial charge in [0.2, 0.25) is 0 Å². The van der Waals surface area contributed by atoms with E-state index in [1.54, 1.807) is 0 Å². The van der Waals surface area contributed by atoms with Crippen LogP contribution in [0.3, 0.4) is 0 Å². The zero-order valence-electron chi connectivity index (χ0n) is 12.4. The van der Waals surface area contributed by atoms with Crippen molar-refractivity contribution in [1.29, 1.82) is 0 Å². The summed E-state index contributed by atoms with van der Waals surface area (Å²) in [5, 5.41) is 0. The summed E-state index contributed by atoms with van der Waals surface area (Å²) in [5.41, 5.74) is 3.52. The average Bonchev–Trinajstić information content (AvgIpc) is 2.38. The first-order chi connectivity index (χ1) is 9.02. The molecule has 106 valence electrons. The largest absolute Gasteiger partial charge is 0.355 e. The summed E-state index contributed by atoms with van der Waals surface area (Å²) < 4.78 is 0. The van der Waals surface area contributed by atoms with Gasteiger partial charge in [0.25, 0.3) is 0 Å². The first-order valence-corrected chi connectivity index (χ1v) is 7.51. The Balaban J connectivity index is 2.30. The summed E-state index contributed by atoms with van der Waals surface area (Å²) in [7, 11) is 4.32. The number of aromatic nitrogens is 1. The third kappa shape index (κ3) is 3.21. The van der Waals surface area contributed by atoms with Crippen LogP contribution in [0, 0.1) is 13.8 Å². The van der Waals surface area contributed by atoms with Gasteiger partial charge >= 0.3 is 0 Å². The van der Waals surface area contributed by atoms with E-state index in [0.717, 1.165) is 24.6 Å². The van der Waals surface area contributed by atoms with Crippen molar-refractivity contribution in [2.75, 3.05) is 32.1 Å². The number of piperidine rings is 1. The molecule has 19 heavy (non-hydrogen) atoms.